The van der Waals surface area contributed by atoms with Crippen LogP contribution in [0.1, 0.15) is 11.7 Å². The van der Waals surface area contributed by atoms with E-state index in [9.17, 15) is 0 Å². The number of pyridine rings is 2. The van der Waals surface area contributed by atoms with Gasteiger partial charge in [-0.15, -0.1) is 0 Å². The van der Waals surface area contributed by atoms with Crippen LogP contribution < -0.4 is 5.32 Å². The number of nitrogens with zero attached hydrogens (tertiary/aromatic N) is 5. The molecule has 1 aliphatic heterocycles. The van der Waals surface area contributed by atoms with Crippen molar-refractivity contribution in [3.8, 4) is 56.7 Å². The average molecular weight is 643 g/mol. The number of allylic oxidation sites excluding steroid dienone is 2. The zero-order chi connectivity index (χ0) is 33.3. The van der Waals surface area contributed by atoms with E-state index in [2.05, 4.69) is 108 Å². The van der Waals surface area contributed by atoms with Crippen LogP contribution in [0, 0.1) is 0 Å². The molecule has 4 heterocycles. The fourth-order valence-electron chi connectivity index (χ4n) is 6.37. The first kappa shape index (κ1) is 29.4. The second kappa shape index (κ2) is 12.7. The second-order valence-electron chi connectivity index (χ2n) is 12.3. The van der Waals surface area contributed by atoms with Gasteiger partial charge in [0, 0.05) is 22.9 Å². The summed E-state index contributed by atoms with van der Waals surface area (Å²) < 4.78 is 0. The van der Waals surface area contributed by atoms with Crippen molar-refractivity contribution in [2.75, 3.05) is 0 Å². The van der Waals surface area contributed by atoms with Crippen LogP contribution in [-0.2, 0) is 0 Å². The van der Waals surface area contributed by atoms with Crippen LogP contribution in [0.5, 0.6) is 0 Å². The molecule has 236 valence electrons. The summed E-state index contributed by atoms with van der Waals surface area (Å²) in [7, 11) is 0. The van der Waals surface area contributed by atoms with Crippen molar-refractivity contribution in [1.29, 1.82) is 0 Å². The number of benzene rings is 5. The summed E-state index contributed by atoms with van der Waals surface area (Å²) >= 11 is 0. The van der Waals surface area contributed by atoms with Gasteiger partial charge in [0.1, 0.15) is 0 Å². The Morgan fingerprint density at radius 3 is 1.62 bits per heavy atom. The normalized spacial score (nSPS) is 13.8. The van der Waals surface area contributed by atoms with Gasteiger partial charge in [0.15, 0.2) is 17.5 Å². The lowest BCUT2D eigenvalue weighted by atomic mass is 10.0. The molecule has 8 aromatic rings. The van der Waals surface area contributed by atoms with E-state index in [0.717, 1.165) is 55.7 Å². The molecule has 9 rings (SSSR count). The standard InChI is InChI=1S/C44H30N6/c1-2-10-29(11-3-1)37-26-40(38-16-8-9-23-45-38)47-41(27-37)39-22-21-36(28-46-39)44-49-42(34-19-17-30-12-4-6-14-32(30)24-34)48-43(50-44)35-20-18-31-13-5-7-15-33(31)25-35/h1-28,38,45H. The second-order valence-corrected chi connectivity index (χ2v) is 12.3. The minimum Gasteiger partial charge on any atom is -0.379 e. The highest BCUT2D eigenvalue weighted by Crippen LogP contribution is 2.31. The van der Waals surface area contributed by atoms with E-state index in [1.807, 2.05) is 67.0 Å². The third kappa shape index (κ3) is 5.80. The Kier molecular flexibility index (Phi) is 7.44. The lowest BCUT2D eigenvalue weighted by molar-refractivity contribution is 0.722. The van der Waals surface area contributed by atoms with Crippen molar-refractivity contribution in [3.63, 3.8) is 0 Å². The van der Waals surface area contributed by atoms with Gasteiger partial charge in [0.2, 0.25) is 0 Å². The van der Waals surface area contributed by atoms with E-state index < -0.39 is 0 Å². The Bertz CT molecular complexity index is 2480. The van der Waals surface area contributed by atoms with E-state index >= 15 is 0 Å². The Balaban J connectivity index is 1.14. The van der Waals surface area contributed by atoms with Crippen LogP contribution in [0.25, 0.3) is 78.2 Å². The van der Waals surface area contributed by atoms with E-state index in [4.69, 9.17) is 24.9 Å². The van der Waals surface area contributed by atoms with E-state index in [1.165, 1.54) is 10.8 Å². The predicted molar refractivity (Wildman–Crippen MR) is 202 cm³/mol. The van der Waals surface area contributed by atoms with Crippen molar-refractivity contribution >= 4 is 21.5 Å². The summed E-state index contributed by atoms with van der Waals surface area (Å²) in [6, 6.07) is 47.8. The van der Waals surface area contributed by atoms with Gasteiger partial charge in [-0.2, -0.15) is 0 Å². The Hall–Kier alpha value is -6.79. The molecule has 1 aliphatic rings. The van der Waals surface area contributed by atoms with Crippen molar-refractivity contribution in [1.82, 2.24) is 30.2 Å². The first-order chi connectivity index (χ1) is 24.7. The maximum absolute atomic E-state index is 5.06. The lowest BCUT2D eigenvalue weighted by Gasteiger charge is -2.17. The number of hydrogen-bond donors (Lipinski definition) is 1. The minimum atomic E-state index is -0.0334. The molecule has 0 fully saturated rings. The topological polar surface area (TPSA) is 76.5 Å². The van der Waals surface area contributed by atoms with Crippen LogP contribution in [0.3, 0.4) is 0 Å². The highest BCUT2D eigenvalue weighted by atomic mass is 15.0. The summed E-state index contributed by atoms with van der Waals surface area (Å²) in [5.41, 5.74) is 7.33. The lowest BCUT2D eigenvalue weighted by Crippen LogP contribution is -2.16. The average Bonchev–Trinajstić information content (AvgIpc) is 3.21. The van der Waals surface area contributed by atoms with Gasteiger partial charge in [0.05, 0.1) is 23.1 Å². The van der Waals surface area contributed by atoms with Crippen LogP contribution in [0.15, 0.2) is 170 Å². The Morgan fingerprint density at radius 1 is 0.420 bits per heavy atom. The largest absolute Gasteiger partial charge is 0.379 e. The van der Waals surface area contributed by atoms with Crippen molar-refractivity contribution in [2.45, 2.75) is 6.04 Å². The molecule has 50 heavy (non-hydrogen) atoms. The molecule has 0 aliphatic carbocycles. The quantitative estimate of drug-likeness (QED) is 0.195. The molecule has 0 bridgehead atoms. The van der Waals surface area contributed by atoms with Crippen LogP contribution in [-0.4, -0.2) is 24.9 Å². The minimum absolute atomic E-state index is 0.0334. The first-order valence-corrected chi connectivity index (χ1v) is 16.6. The number of rotatable bonds is 6. The zero-order valence-corrected chi connectivity index (χ0v) is 27.0. The van der Waals surface area contributed by atoms with Gasteiger partial charge in [-0.25, -0.2) is 19.9 Å². The van der Waals surface area contributed by atoms with Gasteiger partial charge in [-0.1, -0.05) is 115 Å². The van der Waals surface area contributed by atoms with Gasteiger partial charge >= 0.3 is 0 Å². The van der Waals surface area contributed by atoms with Crippen LogP contribution in [0.4, 0.5) is 0 Å². The molecule has 1 atom stereocenters. The molecular weight excluding hydrogens is 613 g/mol. The van der Waals surface area contributed by atoms with Crippen molar-refractivity contribution < 1.29 is 0 Å². The van der Waals surface area contributed by atoms with Gasteiger partial charge in [-0.05, 0) is 81.3 Å². The van der Waals surface area contributed by atoms with Gasteiger partial charge in [-0.3, -0.25) is 4.98 Å². The van der Waals surface area contributed by atoms with Crippen molar-refractivity contribution in [2.24, 2.45) is 0 Å². The van der Waals surface area contributed by atoms with Gasteiger partial charge < -0.3 is 5.32 Å². The molecule has 0 radical (unpaired) electrons. The fraction of sp³-hybridized carbons (Fsp3) is 0.0227. The highest BCUT2D eigenvalue weighted by Gasteiger charge is 2.17. The maximum atomic E-state index is 5.06. The number of nitrogens with one attached hydrogen (secondary N) is 1. The molecule has 3 aromatic heterocycles. The predicted octanol–water partition coefficient (Wildman–Crippen LogP) is 10.0. The summed E-state index contributed by atoms with van der Waals surface area (Å²) in [4.78, 5) is 25.0. The summed E-state index contributed by atoms with van der Waals surface area (Å²) in [6.07, 6.45) is 9.91. The molecule has 0 amide bonds. The first-order valence-electron chi connectivity index (χ1n) is 16.6. The third-order valence-corrected chi connectivity index (χ3v) is 8.99. The molecule has 1 N–H and O–H groups in total. The molecule has 1 unspecified atom stereocenters. The smallest absolute Gasteiger partial charge is 0.165 e. The Labute approximate surface area is 289 Å². The summed E-state index contributed by atoms with van der Waals surface area (Å²) in [5, 5.41) is 8.00. The molecule has 0 spiro atoms. The summed E-state index contributed by atoms with van der Waals surface area (Å²) in [5.74, 6) is 1.77. The molecule has 0 saturated heterocycles. The van der Waals surface area contributed by atoms with E-state index in [1.54, 1.807) is 0 Å². The van der Waals surface area contributed by atoms with Crippen LogP contribution >= 0.6 is 0 Å². The van der Waals surface area contributed by atoms with Crippen LogP contribution in [0.2, 0.25) is 0 Å². The maximum Gasteiger partial charge on any atom is 0.165 e. The zero-order valence-electron chi connectivity index (χ0n) is 27.0. The SMILES string of the molecule is C1=CNC(c2cc(-c3ccccc3)cc(-c3ccc(-c4nc(-c5ccc6ccccc6c5)nc(-c5ccc6ccccc6c5)n4)cn3)n2)C=C1. The monoisotopic (exact) mass is 642 g/mol. The number of hydrogen-bond acceptors (Lipinski definition) is 6. The van der Waals surface area contributed by atoms with E-state index in [0.29, 0.717) is 17.5 Å². The van der Waals surface area contributed by atoms with Gasteiger partial charge in [0.25, 0.3) is 0 Å². The Morgan fingerprint density at radius 2 is 1.02 bits per heavy atom. The summed E-state index contributed by atoms with van der Waals surface area (Å²) in [6.45, 7) is 0. The molecule has 6 heteroatoms. The molecular formula is C44H30N6. The third-order valence-electron chi connectivity index (χ3n) is 8.99. The number of aromatic nitrogens is 5. The molecule has 0 saturated carbocycles. The van der Waals surface area contributed by atoms with Crippen molar-refractivity contribution in [3.05, 3.63) is 176 Å². The fourth-order valence-corrected chi connectivity index (χ4v) is 6.37. The van der Waals surface area contributed by atoms with E-state index in [-0.39, 0.29) is 6.04 Å². The number of fused-ring (bicyclic) bond motifs is 2. The highest BCUT2D eigenvalue weighted by molar-refractivity contribution is 5.88. The molecule has 5 aromatic carbocycles. The molecule has 6 nitrogen and oxygen atoms in total. The number of dihydropyridines is 1.